The average Bonchev–Trinajstić information content (AvgIpc) is 2.09. The van der Waals surface area contributed by atoms with Crippen LogP contribution in [0.5, 0.6) is 5.75 Å². The fraction of sp³-hybridized carbons (Fsp3) is 0.400. The third-order valence-corrected chi connectivity index (χ3v) is 3.02. The second-order valence-electron chi connectivity index (χ2n) is 3.44. The van der Waals surface area contributed by atoms with Gasteiger partial charge in [0, 0.05) is 17.1 Å². The second-order valence-corrected chi connectivity index (χ2v) is 4.30. The van der Waals surface area contributed by atoms with Crippen molar-refractivity contribution in [1.29, 1.82) is 0 Å². The van der Waals surface area contributed by atoms with Gasteiger partial charge in [-0.15, -0.1) is 0 Å². The summed E-state index contributed by atoms with van der Waals surface area (Å²) < 4.78 is 0.949. The van der Waals surface area contributed by atoms with Crippen LogP contribution in [0, 0.1) is 13.8 Å². The number of hydrogen-bond acceptors (Lipinski definition) is 3. The average molecular weight is 260 g/mol. The van der Waals surface area contributed by atoms with Gasteiger partial charge in [-0.3, -0.25) is 0 Å². The Morgan fingerprint density at radius 1 is 1.43 bits per heavy atom. The number of hydroxylamine groups is 2. The van der Waals surface area contributed by atoms with Crippen LogP contribution in [0.1, 0.15) is 16.7 Å². The van der Waals surface area contributed by atoms with Gasteiger partial charge < -0.3 is 10.3 Å². The van der Waals surface area contributed by atoms with Crippen molar-refractivity contribution in [3.63, 3.8) is 0 Å². The summed E-state index contributed by atoms with van der Waals surface area (Å²) in [5.41, 5.74) is 2.51. The molecule has 1 aromatic carbocycles. The molecule has 0 saturated carbocycles. The van der Waals surface area contributed by atoms with E-state index < -0.39 is 0 Å². The maximum absolute atomic E-state index is 9.79. The van der Waals surface area contributed by atoms with E-state index >= 15 is 0 Å². The van der Waals surface area contributed by atoms with Crippen LogP contribution in [0.2, 0.25) is 0 Å². The highest BCUT2D eigenvalue weighted by molar-refractivity contribution is 9.10. The highest BCUT2D eigenvalue weighted by Gasteiger charge is 2.12. The lowest BCUT2D eigenvalue weighted by Crippen LogP contribution is -2.13. The van der Waals surface area contributed by atoms with Crippen molar-refractivity contribution >= 4 is 15.9 Å². The molecule has 0 aliphatic carbocycles. The maximum Gasteiger partial charge on any atom is 0.123 e. The summed E-state index contributed by atoms with van der Waals surface area (Å²) in [6.45, 7) is 4.06. The van der Waals surface area contributed by atoms with Crippen LogP contribution in [0.15, 0.2) is 10.5 Å². The van der Waals surface area contributed by atoms with Crippen LogP contribution in [0.25, 0.3) is 0 Å². The highest BCUT2D eigenvalue weighted by Crippen LogP contribution is 2.31. The van der Waals surface area contributed by atoms with Crippen molar-refractivity contribution in [2.45, 2.75) is 20.4 Å². The Hall–Kier alpha value is -0.580. The zero-order valence-electron chi connectivity index (χ0n) is 8.50. The first-order valence-electron chi connectivity index (χ1n) is 4.31. The van der Waals surface area contributed by atoms with Gasteiger partial charge >= 0.3 is 0 Å². The molecule has 0 amide bonds. The summed E-state index contributed by atoms with van der Waals surface area (Å²) in [4.78, 5) is 0. The van der Waals surface area contributed by atoms with Crippen LogP contribution in [0.4, 0.5) is 0 Å². The van der Waals surface area contributed by atoms with E-state index in [2.05, 4.69) is 15.9 Å². The van der Waals surface area contributed by atoms with E-state index in [0.29, 0.717) is 6.54 Å². The third-order valence-electron chi connectivity index (χ3n) is 2.20. The highest BCUT2D eigenvalue weighted by atomic mass is 79.9. The van der Waals surface area contributed by atoms with E-state index in [-0.39, 0.29) is 5.75 Å². The number of halogens is 1. The molecule has 2 N–H and O–H groups in total. The predicted molar refractivity (Wildman–Crippen MR) is 58.5 cm³/mol. The number of phenolic OH excluding ortho intramolecular Hbond substituents is 1. The molecule has 78 valence electrons. The van der Waals surface area contributed by atoms with Crippen molar-refractivity contribution in [3.05, 3.63) is 27.2 Å². The monoisotopic (exact) mass is 259 g/mol. The lowest BCUT2D eigenvalue weighted by molar-refractivity contribution is -0.0737. The molecular weight excluding hydrogens is 246 g/mol. The molecule has 0 aliphatic heterocycles. The van der Waals surface area contributed by atoms with Gasteiger partial charge in [0.2, 0.25) is 0 Å². The summed E-state index contributed by atoms with van der Waals surface area (Å²) in [7, 11) is 1.55. The standard InChI is InChI=1S/C10H14BrNO2/c1-6-4-9(11)7(2)8(10(6)13)5-12(3)14/h4,13-14H,5H2,1-3H3. The Bertz CT molecular complexity index is 324. The molecule has 0 saturated heterocycles. The Kier molecular flexibility index (Phi) is 3.53. The topological polar surface area (TPSA) is 43.7 Å². The van der Waals surface area contributed by atoms with Crippen molar-refractivity contribution in [1.82, 2.24) is 5.06 Å². The van der Waals surface area contributed by atoms with E-state index in [4.69, 9.17) is 5.21 Å². The normalized spacial score (nSPS) is 11.0. The maximum atomic E-state index is 9.79. The smallest absolute Gasteiger partial charge is 0.123 e. The van der Waals surface area contributed by atoms with Gasteiger partial charge in [-0.25, -0.2) is 0 Å². The van der Waals surface area contributed by atoms with E-state index in [1.54, 1.807) is 7.05 Å². The lowest BCUT2D eigenvalue weighted by atomic mass is 10.0. The van der Waals surface area contributed by atoms with E-state index in [0.717, 1.165) is 26.2 Å². The molecule has 0 heterocycles. The number of rotatable bonds is 2. The SMILES string of the molecule is Cc1cc(Br)c(C)c(CN(C)O)c1O. The summed E-state index contributed by atoms with van der Waals surface area (Å²) >= 11 is 3.41. The summed E-state index contributed by atoms with van der Waals surface area (Å²) in [6, 6.07) is 1.87. The van der Waals surface area contributed by atoms with Crippen molar-refractivity contribution < 1.29 is 10.3 Å². The quantitative estimate of drug-likeness (QED) is 0.803. The molecule has 0 bridgehead atoms. The molecular formula is C10H14BrNO2. The lowest BCUT2D eigenvalue weighted by Gasteiger charge is -2.15. The van der Waals surface area contributed by atoms with E-state index in [1.807, 2.05) is 19.9 Å². The van der Waals surface area contributed by atoms with Gasteiger partial charge in [0.05, 0.1) is 6.54 Å². The van der Waals surface area contributed by atoms with Gasteiger partial charge in [-0.1, -0.05) is 15.9 Å². The third kappa shape index (κ3) is 2.26. The van der Waals surface area contributed by atoms with Crippen LogP contribution in [0.3, 0.4) is 0 Å². The first-order chi connectivity index (χ1) is 6.43. The molecule has 3 nitrogen and oxygen atoms in total. The molecule has 0 radical (unpaired) electrons. The van der Waals surface area contributed by atoms with Crippen LogP contribution in [-0.2, 0) is 6.54 Å². The van der Waals surface area contributed by atoms with Crippen molar-refractivity contribution in [2.75, 3.05) is 7.05 Å². The van der Waals surface area contributed by atoms with E-state index in [1.165, 1.54) is 0 Å². The number of benzene rings is 1. The van der Waals surface area contributed by atoms with Gasteiger partial charge in [-0.05, 0) is 31.0 Å². The number of aromatic hydroxyl groups is 1. The Morgan fingerprint density at radius 2 is 2.00 bits per heavy atom. The van der Waals surface area contributed by atoms with Gasteiger partial charge in [0.15, 0.2) is 0 Å². The molecule has 0 fully saturated rings. The molecule has 4 heteroatoms. The van der Waals surface area contributed by atoms with Crippen molar-refractivity contribution in [2.24, 2.45) is 0 Å². The molecule has 0 atom stereocenters. The largest absolute Gasteiger partial charge is 0.507 e. The molecule has 0 spiro atoms. The summed E-state index contributed by atoms with van der Waals surface area (Å²) in [6.07, 6.45) is 0. The fourth-order valence-electron chi connectivity index (χ4n) is 1.35. The minimum Gasteiger partial charge on any atom is -0.507 e. The Labute approximate surface area is 92.1 Å². The summed E-state index contributed by atoms with van der Waals surface area (Å²) in [5, 5.41) is 20.0. The summed E-state index contributed by atoms with van der Waals surface area (Å²) in [5.74, 6) is 0.256. The van der Waals surface area contributed by atoms with Gasteiger partial charge in [0.25, 0.3) is 0 Å². The number of nitrogens with zero attached hydrogens (tertiary/aromatic N) is 1. The second kappa shape index (κ2) is 4.29. The minimum absolute atomic E-state index is 0.256. The zero-order valence-corrected chi connectivity index (χ0v) is 10.1. The molecule has 1 aromatic rings. The molecule has 0 aromatic heterocycles. The van der Waals surface area contributed by atoms with E-state index in [9.17, 15) is 5.11 Å². The number of hydrogen-bond donors (Lipinski definition) is 2. The molecule has 1 rings (SSSR count). The Balaban J connectivity index is 3.25. The number of phenols is 1. The van der Waals surface area contributed by atoms with Crippen LogP contribution in [-0.4, -0.2) is 22.4 Å². The fourth-order valence-corrected chi connectivity index (χ4v) is 1.93. The van der Waals surface area contributed by atoms with Crippen LogP contribution < -0.4 is 0 Å². The first-order valence-corrected chi connectivity index (χ1v) is 5.10. The predicted octanol–water partition coefficient (Wildman–Crippen LogP) is 2.59. The Morgan fingerprint density at radius 3 is 2.50 bits per heavy atom. The number of aryl methyl sites for hydroxylation is 1. The molecule has 0 aliphatic rings. The van der Waals surface area contributed by atoms with Crippen LogP contribution >= 0.6 is 15.9 Å². The van der Waals surface area contributed by atoms with Gasteiger partial charge in [-0.2, -0.15) is 5.06 Å². The van der Waals surface area contributed by atoms with Gasteiger partial charge in [0.1, 0.15) is 5.75 Å². The minimum atomic E-state index is 0.256. The molecule has 0 unspecified atom stereocenters. The first kappa shape index (κ1) is 11.5. The zero-order chi connectivity index (χ0) is 10.9. The van der Waals surface area contributed by atoms with Crippen molar-refractivity contribution in [3.8, 4) is 5.75 Å². The molecule has 14 heavy (non-hydrogen) atoms.